The number of rotatable bonds is 7. The Morgan fingerprint density at radius 3 is 2.49 bits per heavy atom. The number of Topliss-reactive ketones (excluding diaryl/α,β-unsaturated/α-hetero) is 2. The van der Waals surface area contributed by atoms with E-state index in [4.69, 9.17) is 9.15 Å². The number of nitrogens with zero attached hydrogens (tertiary/aromatic N) is 1. The van der Waals surface area contributed by atoms with E-state index in [1.54, 1.807) is 49.6 Å². The number of ketones is 2. The Balaban J connectivity index is 1.55. The Labute approximate surface area is 202 Å². The van der Waals surface area contributed by atoms with Gasteiger partial charge in [-0.25, -0.2) is 4.98 Å². The van der Waals surface area contributed by atoms with Gasteiger partial charge in [-0.1, -0.05) is 30.3 Å². The molecule has 35 heavy (non-hydrogen) atoms. The predicted octanol–water partition coefficient (Wildman–Crippen LogP) is 4.35. The molecular weight excluding hydrogens is 444 g/mol. The minimum Gasteiger partial charge on any atom is -0.458 e. The van der Waals surface area contributed by atoms with Crippen LogP contribution >= 0.6 is 0 Å². The Bertz CT molecular complexity index is 1380. The van der Waals surface area contributed by atoms with E-state index < -0.39 is 29.4 Å². The fraction of sp³-hybridized carbons (Fsp3) is 0.143. The maximum absolute atomic E-state index is 13.4. The van der Waals surface area contributed by atoms with Crippen LogP contribution in [0.1, 0.15) is 33.5 Å². The number of carbonyl (C=O) groups is 3. The summed E-state index contributed by atoms with van der Waals surface area (Å²) in [6, 6.07) is 22.5. The van der Waals surface area contributed by atoms with E-state index in [0.29, 0.717) is 22.8 Å². The normalized spacial score (nSPS) is 17.6. The zero-order chi connectivity index (χ0) is 24.4. The Hall–Kier alpha value is -4.52. The fourth-order valence-corrected chi connectivity index (χ4v) is 4.36. The molecular formula is C28H23N2O5+. The van der Waals surface area contributed by atoms with Gasteiger partial charge in [0.25, 0.3) is 5.91 Å². The summed E-state index contributed by atoms with van der Waals surface area (Å²) in [4.78, 5) is 44.2. The number of likely N-dealkylation sites (tertiary alicyclic amines) is 1. The number of H-pyrrole nitrogens is 1. The van der Waals surface area contributed by atoms with E-state index in [0.717, 1.165) is 5.56 Å². The summed E-state index contributed by atoms with van der Waals surface area (Å²) < 4.78 is 11.5. The molecule has 0 aliphatic carbocycles. The maximum atomic E-state index is 13.4. The molecule has 4 aromatic rings. The molecule has 1 fully saturated rings. The molecule has 2 aromatic heterocycles. The summed E-state index contributed by atoms with van der Waals surface area (Å²) in [6.07, 6.45) is 3.52. The van der Waals surface area contributed by atoms with Crippen LogP contribution in [0.5, 0.6) is 11.5 Å². The number of pyridine rings is 1. The number of furan rings is 1. The zero-order valence-electron chi connectivity index (χ0n) is 19.0. The Kier molecular flexibility index (Phi) is 5.97. The monoisotopic (exact) mass is 467 g/mol. The molecule has 1 saturated heterocycles. The Morgan fingerprint density at radius 1 is 0.971 bits per heavy atom. The summed E-state index contributed by atoms with van der Waals surface area (Å²) in [7, 11) is 0. The van der Waals surface area contributed by atoms with Crippen LogP contribution in [-0.4, -0.2) is 22.4 Å². The number of amides is 1. The average Bonchev–Trinajstić information content (AvgIpc) is 3.42. The standard InChI is InChI=1S/C28H22N2O5/c1-18-12-13-23(34-18)26(31)24-25(30(28(33)27(24)32)17-19-7-6-14-29-16-19)20-8-5-11-22(15-20)35-21-9-3-2-4-10-21/h2-16,24-25H,17H2,1H3/p+1. The first-order valence-electron chi connectivity index (χ1n) is 11.2. The van der Waals surface area contributed by atoms with Crippen LogP contribution in [-0.2, 0) is 16.1 Å². The van der Waals surface area contributed by atoms with Gasteiger partial charge >= 0.3 is 0 Å². The highest BCUT2D eigenvalue weighted by atomic mass is 16.5. The summed E-state index contributed by atoms with van der Waals surface area (Å²) >= 11 is 0. The second kappa shape index (κ2) is 9.38. The van der Waals surface area contributed by atoms with Crippen LogP contribution in [0.3, 0.4) is 0 Å². The third kappa shape index (κ3) is 4.48. The van der Waals surface area contributed by atoms with Gasteiger partial charge in [0.05, 0.1) is 12.6 Å². The smallest absolute Gasteiger partial charge is 0.291 e. The van der Waals surface area contributed by atoms with Gasteiger partial charge in [-0.15, -0.1) is 0 Å². The van der Waals surface area contributed by atoms with Crippen molar-refractivity contribution in [3.8, 4) is 11.5 Å². The topological polar surface area (TPSA) is 91.0 Å². The van der Waals surface area contributed by atoms with E-state index in [9.17, 15) is 14.4 Å². The third-order valence-corrected chi connectivity index (χ3v) is 5.97. The molecule has 0 saturated carbocycles. The highest BCUT2D eigenvalue weighted by Crippen LogP contribution is 2.40. The molecule has 5 rings (SSSR count). The molecule has 2 atom stereocenters. The summed E-state index contributed by atoms with van der Waals surface area (Å²) in [5.74, 6) is -1.39. The molecule has 7 heteroatoms. The van der Waals surface area contributed by atoms with E-state index in [-0.39, 0.29) is 12.3 Å². The van der Waals surface area contributed by atoms with E-state index >= 15 is 0 Å². The quantitative estimate of drug-likeness (QED) is 0.229. The van der Waals surface area contributed by atoms with Crippen molar-refractivity contribution in [3.63, 3.8) is 0 Å². The molecule has 1 N–H and O–H groups in total. The first-order valence-corrected chi connectivity index (χ1v) is 11.2. The van der Waals surface area contributed by atoms with E-state index in [1.165, 1.54) is 11.0 Å². The van der Waals surface area contributed by atoms with Crippen molar-refractivity contribution in [3.05, 3.63) is 114 Å². The first-order chi connectivity index (χ1) is 17.0. The fourth-order valence-electron chi connectivity index (χ4n) is 4.36. The lowest BCUT2D eigenvalue weighted by Gasteiger charge is -2.27. The summed E-state index contributed by atoms with van der Waals surface area (Å²) in [5, 5.41) is 0. The van der Waals surface area contributed by atoms with Crippen molar-refractivity contribution < 1.29 is 28.5 Å². The lowest BCUT2D eigenvalue weighted by Crippen LogP contribution is -2.30. The largest absolute Gasteiger partial charge is 0.458 e. The van der Waals surface area contributed by atoms with Crippen molar-refractivity contribution in [1.29, 1.82) is 0 Å². The minimum atomic E-state index is -1.23. The van der Waals surface area contributed by atoms with Crippen molar-refractivity contribution in [2.75, 3.05) is 0 Å². The van der Waals surface area contributed by atoms with Crippen LogP contribution in [0.25, 0.3) is 0 Å². The molecule has 1 aliphatic rings. The number of hydrogen-bond donors (Lipinski definition) is 0. The number of para-hydroxylation sites is 1. The molecule has 0 radical (unpaired) electrons. The molecule has 0 bridgehead atoms. The second-order valence-electron chi connectivity index (χ2n) is 8.39. The molecule has 174 valence electrons. The number of benzene rings is 2. The number of aromatic nitrogens is 1. The van der Waals surface area contributed by atoms with Crippen LogP contribution in [0.2, 0.25) is 0 Å². The van der Waals surface area contributed by atoms with Gasteiger partial charge in [-0.3, -0.25) is 14.4 Å². The molecule has 0 spiro atoms. The van der Waals surface area contributed by atoms with Gasteiger partial charge in [0, 0.05) is 11.6 Å². The predicted molar refractivity (Wildman–Crippen MR) is 126 cm³/mol. The van der Waals surface area contributed by atoms with Crippen molar-refractivity contribution >= 4 is 17.5 Å². The molecule has 2 aromatic carbocycles. The molecule has 1 amide bonds. The number of carbonyl (C=O) groups excluding carboxylic acids is 3. The van der Waals surface area contributed by atoms with Crippen molar-refractivity contribution in [1.82, 2.24) is 4.90 Å². The van der Waals surface area contributed by atoms with E-state index in [2.05, 4.69) is 4.98 Å². The van der Waals surface area contributed by atoms with Crippen LogP contribution in [0.15, 0.2) is 95.7 Å². The van der Waals surface area contributed by atoms with Crippen LogP contribution < -0.4 is 9.72 Å². The zero-order valence-corrected chi connectivity index (χ0v) is 19.0. The average molecular weight is 468 g/mol. The minimum absolute atomic E-state index is 0.0604. The first kappa shape index (κ1) is 22.3. The number of aryl methyl sites for hydroxylation is 1. The highest BCUT2D eigenvalue weighted by Gasteiger charge is 2.52. The van der Waals surface area contributed by atoms with Crippen molar-refractivity contribution in [2.24, 2.45) is 5.92 Å². The summed E-state index contributed by atoms with van der Waals surface area (Å²) in [6.45, 7) is 1.88. The number of ether oxygens (including phenoxy) is 1. The summed E-state index contributed by atoms with van der Waals surface area (Å²) in [5.41, 5.74) is 1.43. The van der Waals surface area contributed by atoms with Gasteiger partial charge in [0.15, 0.2) is 18.2 Å². The lowest BCUT2D eigenvalue weighted by atomic mass is 9.88. The van der Waals surface area contributed by atoms with Gasteiger partial charge in [-0.2, -0.15) is 0 Å². The lowest BCUT2D eigenvalue weighted by molar-refractivity contribution is -0.378. The molecule has 3 heterocycles. The van der Waals surface area contributed by atoms with Crippen molar-refractivity contribution in [2.45, 2.75) is 19.5 Å². The Morgan fingerprint density at radius 2 is 1.77 bits per heavy atom. The number of aromatic amines is 1. The third-order valence-electron chi connectivity index (χ3n) is 5.97. The molecule has 7 nitrogen and oxygen atoms in total. The second-order valence-corrected chi connectivity index (χ2v) is 8.39. The number of hydrogen-bond acceptors (Lipinski definition) is 5. The van der Waals surface area contributed by atoms with Gasteiger partial charge in [0.2, 0.25) is 11.6 Å². The molecule has 2 unspecified atom stereocenters. The van der Waals surface area contributed by atoms with Gasteiger partial charge in [-0.05, 0) is 55.0 Å². The SMILES string of the molecule is Cc1ccc(C(=O)C2C(=O)C(=O)N(Cc3ccc[nH+]c3)C2c2cccc(Oc3ccccc3)c2)o1. The molecule has 1 aliphatic heterocycles. The van der Waals surface area contributed by atoms with Gasteiger partial charge in [0.1, 0.15) is 23.2 Å². The highest BCUT2D eigenvalue weighted by molar-refractivity contribution is 6.43. The van der Waals surface area contributed by atoms with Crippen LogP contribution in [0.4, 0.5) is 0 Å². The van der Waals surface area contributed by atoms with Gasteiger partial charge < -0.3 is 14.1 Å². The van der Waals surface area contributed by atoms with E-state index in [1.807, 2.05) is 42.5 Å². The number of nitrogens with one attached hydrogen (secondary N) is 1. The maximum Gasteiger partial charge on any atom is 0.291 e. The van der Waals surface area contributed by atoms with Crippen LogP contribution in [0, 0.1) is 12.8 Å².